The van der Waals surface area contributed by atoms with Crippen molar-refractivity contribution in [1.29, 1.82) is 0 Å². The van der Waals surface area contributed by atoms with Crippen molar-refractivity contribution >= 4 is 0 Å². The topological polar surface area (TPSA) is 81.2 Å². The third-order valence-electron chi connectivity index (χ3n) is 5.93. The number of hydrogen-bond donors (Lipinski definition) is 0. The third kappa shape index (κ3) is 14.3. The van der Waals surface area contributed by atoms with Gasteiger partial charge in [-0.25, -0.2) is 24.2 Å². The van der Waals surface area contributed by atoms with Crippen LogP contribution in [-0.2, 0) is 18.9 Å². The Labute approximate surface area is 270 Å². The highest BCUT2D eigenvalue weighted by Gasteiger charge is 2.74. The Hall–Kier alpha value is -3.17. The molecule has 0 fully saturated rings. The highest BCUT2D eigenvalue weighted by molar-refractivity contribution is 5.56. The third-order valence-corrected chi connectivity index (χ3v) is 5.93. The minimum absolute atomic E-state index is 0.00904. The fourth-order valence-corrected chi connectivity index (χ4v) is 3.58. The molecule has 2 aromatic rings. The number of rotatable bonds is 23. The van der Waals surface area contributed by atoms with Gasteiger partial charge < -0.3 is 14.2 Å². The van der Waals surface area contributed by atoms with Gasteiger partial charge in [0.25, 0.3) is 0 Å². The molecule has 0 saturated heterocycles. The van der Waals surface area contributed by atoms with Gasteiger partial charge in [-0.15, -0.1) is 13.2 Å². The lowest BCUT2D eigenvalue weighted by Gasteiger charge is -2.33. The van der Waals surface area contributed by atoms with E-state index >= 15 is 0 Å². The Bertz CT molecular complexity index is 1250. The molecule has 280 valence electrons. The van der Waals surface area contributed by atoms with Gasteiger partial charge >= 0.3 is 36.9 Å². The molecule has 21 heteroatoms. The molecule has 0 spiro atoms. The molecule has 2 rings (SSSR count). The predicted molar refractivity (Wildman–Crippen MR) is 141 cm³/mol. The standard InChI is InChI=1S/C28H31F13N2O6/c1-2-3-4-5-6-14-46-21-16-42-22(43-17-21)19-9-11-20(12-10-19)45-15-8-7-13-44-18-23(29,30)47-24(31,32)25(33,34)48-26(35,36)27(37,38)49-28(39,40)41/h9-12,16-17H,2-8,13-15,18H2,1H3. The summed E-state index contributed by atoms with van der Waals surface area (Å²) in [5.41, 5.74) is 0.659. The van der Waals surface area contributed by atoms with Crippen molar-refractivity contribution in [3.63, 3.8) is 0 Å². The smallest absolute Gasteiger partial charge is 0.494 e. The molecule has 0 aliphatic rings. The van der Waals surface area contributed by atoms with Crippen LogP contribution >= 0.6 is 0 Å². The minimum Gasteiger partial charge on any atom is -0.494 e. The maximum absolute atomic E-state index is 13.6. The van der Waals surface area contributed by atoms with E-state index in [1.54, 1.807) is 46.1 Å². The van der Waals surface area contributed by atoms with E-state index in [0.29, 0.717) is 29.5 Å². The summed E-state index contributed by atoms with van der Waals surface area (Å²) in [6, 6.07) is 6.51. The SMILES string of the molecule is CCCCCCCOc1cnc(-c2ccc(OCCCCOCC(F)(F)OC(F)(F)C(F)(F)OC(F)(F)C(F)(F)OC(F)(F)F)cc2)nc1. The van der Waals surface area contributed by atoms with E-state index in [2.05, 4.69) is 26.4 Å². The quantitative estimate of drug-likeness (QED) is 0.0825. The molecular weight excluding hydrogens is 707 g/mol. The second-order valence-electron chi connectivity index (χ2n) is 10.1. The van der Waals surface area contributed by atoms with Gasteiger partial charge in [-0.2, -0.15) is 43.9 Å². The van der Waals surface area contributed by atoms with Crippen molar-refractivity contribution in [1.82, 2.24) is 9.97 Å². The summed E-state index contributed by atoms with van der Waals surface area (Å²) in [6.07, 6.45) is -31.1. The number of ether oxygens (including phenoxy) is 6. The highest BCUT2D eigenvalue weighted by atomic mass is 19.4. The van der Waals surface area contributed by atoms with E-state index < -0.39 is 50.1 Å². The highest BCUT2D eigenvalue weighted by Crippen LogP contribution is 2.48. The monoisotopic (exact) mass is 738 g/mol. The van der Waals surface area contributed by atoms with Crippen LogP contribution in [0.5, 0.6) is 11.5 Å². The summed E-state index contributed by atoms with van der Waals surface area (Å²) in [5, 5.41) is 0. The first-order valence-electron chi connectivity index (χ1n) is 14.4. The number of unbranched alkanes of at least 4 members (excludes halogenated alkanes) is 5. The Morgan fingerprint density at radius 3 is 1.55 bits per heavy atom. The maximum atomic E-state index is 13.6. The van der Waals surface area contributed by atoms with Crippen molar-refractivity contribution in [2.24, 2.45) is 0 Å². The summed E-state index contributed by atoms with van der Waals surface area (Å²) in [4.78, 5) is 8.52. The van der Waals surface area contributed by atoms with Crippen LogP contribution in [0.25, 0.3) is 11.4 Å². The number of halogens is 13. The van der Waals surface area contributed by atoms with Crippen LogP contribution in [0.4, 0.5) is 57.1 Å². The zero-order chi connectivity index (χ0) is 37.0. The van der Waals surface area contributed by atoms with Crippen LogP contribution < -0.4 is 9.47 Å². The molecule has 0 aliphatic heterocycles. The number of benzene rings is 1. The van der Waals surface area contributed by atoms with Gasteiger partial charge in [0.15, 0.2) is 11.6 Å². The molecule has 0 bridgehead atoms. The molecule has 0 atom stereocenters. The van der Waals surface area contributed by atoms with E-state index in [4.69, 9.17) is 9.47 Å². The van der Waals surface area contributed by atoms with Crippen LogP contribution in [0.1, 0.15) is 51.9 Å². The molecule has 0 amide bonds. The van der Waals surface area contributed by atoms with Gasteiger partial charge in [0.1, 0.15) is 12.4 Å². The molecule has 8 nitrogen and oxygen atoms in total. The lowest BCUT2D eigenvalue weighted by atomic mass is 10.2. The van der Waals surface area contributed by atoms with Crippen molar-refractivity contribution in [2.75, 3.05) is 26.4 Å². The number of alkyl halides is 13. The molecule has 1 aromatic carbocycles. The predicted octanol–water partition coefficient (Wildman–Crippen LogP) is 9.20. The minimum atomic E-state index is -7.10. The Morgan fingerprint density at radius 1 is 0.531 bits per heavy atom. The van der Waals surface area contributed by atoms with Crippen LogP contribution in [0.2, 0.25) is 0 Å². The van der Waals surface area contributed by atoms with E-state index in [0.717, 1.165) is 25.7 Å². The lowest BCUT2D eigenvalue weighted by Crippen LogP contribution is -2.57. The van der Waals surface area contributed by atoms with Crippen LogP contribution in [0, 0.1) is 0 Å². The van der Waals surface area contributed by atoms with Gasteiger partial charge in [0.2, 0.25) is 0 Å². The Kier molecular flexibility index (Phi) is 15.1. The average Bonchev–Trinajstić information content (AvgIpc) is 2.96. The molecule has 0 N–H and O–H groups in total. The molecule has 0 unspecified atom stereocenters. The lowest BCUT2D eigenvalue weighted by molar-refractivity contribution is -0.564. The van der Waals surface area contributed by atoms with Crippen LogP contribution in [-0.4, -0.2) is 73.3 Å². The molecule has 0 saturated carbocycles. The van der Waals surface area contributed by atoms with Crippen LogP contribution in [0.3, 0.4) is 0 Å². The summed E-state index contributed by atoms with van der Waals surface area (Å²) >= 11 is 0. The second-order valence-corrected chi connectivity index (χ2v) is 10.1. The van der Waals surface area contributed by atoms with E-state index in [1.165, 1.54) is 6.42 Å². The molecule has 49 heavy (non-hydrogen) atoms. The Morgan fingerprint density at radius 2 is 1.00 bits per heavy atom. The zero-order valence-corrected chi connectivity index (χ0v) is 25.5. The summed E-state index contributed by atoms with van der Waals surface area (Å²) in [5.74, 6) is 1.35. The number of hydrogen-bond acceptors (Lipinski definition) is 8. The molecule has 1 aromatic heterocycles. The van der Waals surface area contributed by atoms with Crippen molar-refractivity contribution in [3.05, 3.63) is 36.7 Å². The van der Waals surface area contributed by atoms with Crippen molar-refractivity contribution < 1.29 is 85.5 Å². The number of aromatic nitrogens is 2. The molecule has 0 radical (unpaired) electrons. The van der Waals surface area contributed by atoms with Gasteiger partial charge in [0.05, 0.1) is 25.6 Å². The molecule has 1 heterocycles. The first-order chi connectivity index (χ1) is 22.6. The fraction of sp³-hybridized carbons (Fsp3) is 0.643. The fourth-order valence-electron chi connectivity index (χ4n) is 3.58. The summed E-state index contributed by atoms with van der Waals surface area (Å²) < 4.78 is 190. The number of nitrogens with zero attached hydrogens (tertiary/aromatic N) is 2. The summed E-state index contributed by atoms with van der Waals surface area (Å²) in [6.45, 7) is -0.0623. The summed E-state index contributed by atoms with van der Waals surface area (Å²) in [7, 11) is 0. The van der Waals surface area contributed by atoms with Crippen molar-refractivity contribution in [3.8, 4) is 22.9 Å². The van der Waals surface area contributed by atoms with Crippen molar-refractivity contribution in [2.45, 2.75) is 88.8 Å². The second kappa shape index (κ2) is 17.7. The molecular formula is C28H31F13N2O6. The first kappa shape index (κ1) is 42.0. The van der Waals surface area contributed by atoms with E-state index in [9.17, 15) is 57.1 Å². The van der Waals surface area contributed by atoms with Gasteiger partial charge in [0, 0.05) is 12.2 Å². The van der Waals surface area contributed by atoms with Crippen LogP contribution in [0.15, 0.2) is 36.7 Å². The van der Waals surface area contributed by atoms with Gasteiger partial charge in [-0.05, 0) is 43.5 Å². The maximum Gasteiger partial charge on any atom is 0.527 e. The average molecular weight is 739 g/mol. The van der Waals surface area contributed by atoms with Gasteiger partial charge in [-0.3, -0.25) is 0 Å². The zero-order valence-electron chi connectivity index (χ0n) is 25.5. The van der Waals surface area contributed by atoms with E-state index in [-0.39, 0.29) is 19.4 Å². The normalized spacial score (nSPS) is 13.5. The largest absolute Gasteiger partial charge is 0.527 e. The van der Waals surface area contributed by atoms with E-state index in [1.807, 2.05) is 0 Å². The Balaban J connectivity index is 1.72. The molecule has 0 aliphatic carbocycles. The first-order valence-corrected chi connectivity index (χ1v) is 14.4. The van der Waals surface area contributed by atoms with Gasteiger partial charge in [-0.1, -0.05) is 32.6 Å².